The molecule has 4 nitrogen and oxygen atoms in total. The Balaban J connectivity index is 2.27. The first-order chi connectivity index (χ1) is 8.20. The number of halogens is 2. The van der Waals surface area contributed by atoms with Crippen molar-refractivity contribution >= 4 is 38.5 Å². The summed E-state index contributed by atoms with van der Waals surface area (Å²) in [6, 6.07) is 6.01. The van der Waals surface area contributed by atoms with Gasteiger partial charge in [-0.15, -0.1) is 10.2 Å². The highest BCUT2D eigenvalue weighted by atomic mass is 127. The van der Waals surface area contributed by atoms with E-state index in [0.717, 1.165) is 26.6 Å². The van der Waals surface area contributed by atoms with Crippen LogP contribution in [-0.2, 0) is 6.42 Å². The van der Waals surface area contributed by atoms with E-state index in [1.807, 2.05) is 25.2 Å². The number of hydrogen-bond acceptors (Lipinski definition) is 4. The molecule has 0 saturated carbocycles. The molecule has 0 aliphatic rings. The molecule has 0 aliphatic heterocycles. The molecule has 0 aliphatic carbocycles. The normalized spacial score (nSPS) is 10.8. The first-order valence-electron chi connectivity index (χ1n) is 5.13. The van der Waals surface area contributed by atoms with Crippen LogP contribution >= 0.6 is 38.5 Å². The molecule has 1 heterocycles. The lowest BCUT2D eigenvalue weighted by atomic mass is 10.2. The summed E-state index contributed by atoms with van der Waals surface area (Å²) in [5, 5.41) is 11.1. The Kier molecular flexibility index (Phi) is 4.52. The minimum atomic E-state index is 0.557. The van der Waals surface area contributed by atoms with Gasteiger partial charge in [-0.1, -0.05) is 0 Å². The van der Waals surface area contributed by atoms with E-state index in [4.69, 9.17) is 4.42 Å². The SMILES string of the molecule is CNCCc1nnc(-c2cc(I)ccc2Br)o1. The third-order valence-electron chi connectivity index (χ3n) is 2.21. The highest BCUT2D eigenvalue weighted by Gasteiger charge is 2.11. The number of nitrogens with zero attached hydrogens (tertiary/aromatic N) is 2. The van der Waals surface area contributed by atoms with Gasteiger partial charge in [0.1, 0.15) is 0 Å². The van der Waals surface area contributed by atoms with Gasteiger partial charge in [0.25, 0.3) is 0 Å². The third kappa shape index (κ3) is 3.26. The molecular formula is C11H11BrIN3O. The van der Waals surface area contributed by atoms with Gasteiger partial charge in [0.15, 0.2) is 0 Å². The van der Waals surface area contributed by atoms with Crippen LogP contribution in [0.3, 0.4) is 0 Å². The van der Waals surface area contributed by atoms with Gasteiger partial charge in [0, 0.05) is 21.0 Å². The van der Waals surface area contributed by atoms with E-state index < -0.39 is 0 Å². The molecule has 0 unspecified atom stereocenters. The topological polar surface area (TPSA) is 51.0 Å². The van der Waals surface area contributed by atoms with Crippen LogP contribution in [0.5, 0.6) is 0 Å². The second kappa shape index (κ2) is 5.92. The molecule has 2 rings (SSSR count). The van der Waals surface area contributed by atoms with E-state index in [9.17, 15) is 0 Å². The van der Waals surface area contributed by atoms with Crippen molar-refractivity contribution in [3.05, 3.63) is 32.1 Å². The Hall–Kier alpha value is -0.470. The van der Waals surface area contributed by atoms with Crippen molar-refractivity contribution in [2.45, 2.75) is 6.42 Å². The van der Waals surface area contributed by atoms with Crippen molar-refractivity contribution in [2.75, 3.05) is 13.6 Å². The van der Waals surface area contributed by atoms with E-state index in [1.54, 1.807) is 0 Å². The molecule has 6 heteroatoms. The standard InChI is InChI=1S/C11H11BrIN3O/c1-14-5-4-10-15-16-11(17-10)8-6-7(13)2-3-9(8)12/h2-3,6,14H,4-5H2,1H3. The first kappa shape index (κ1) is 13.0. The fraction of sp³-hybridized carbons (Fsp3) is 0.273. The van der Waals surface area contributed by atoms with Gasteiger partial charge in [-0.25, -0.2) is 0 Å². The van der Waals surface area contributed by atoms with Crippen molar-refractivity contribution in [3.8, 4) is 11.5 Å². The van der Waals surface area contributed by atoms with E-state index in [-0.39, 0.29) is 0 Å². The summed E-state index contributed by atoms with van der Waals surface area (Å²) >= 11 is 5.74. The van der Waals surface area contributed by atoms with E-state index >= 15 is 0 Å². The van der Waals surface area contributed by atoms with Crippen LogP contribution in [0.15, 0.2) is 27.1 Å². The minimum absolute atomic E-state index is 0.557. The molecule has 0 fully saturated rings. The molecule has 2 aromatic rings. The average Bonchev–Trinajstić information content (AvgIpc) is 2.78. The molecule has 1 N–H and O–H groups in total. The molecule has 90 valence electrons. The zero-order valence-electron chi connectivity index (χ0n) is 9.20. The molecule has 1 aromatic carbocycles. The summed E-state index contributed by atoms with van der Waals surface area (Å²) in [5.41, 5.74) is 0.931. The fourth-order valence-electron chi connectivity index (χ4n) is 1.36. The molecule has 0 spiro atoms. The Bertz CT molecular complexity index is 515. The first-order valence-corrected chi connectivity index (χ1v) is 7.00. The number of nitrogens with one attached hydrogen (secondary N) is 1. The smallest absolute Gasteiger partial charge is 0.248 e. The van der Waals surface area contributed by atoms with Gasteiger partial charge in [-0.2, -0.15) is 0 Å². The molecule has 1 aromatic heterocycles. The van der Waals surface area contributed by atoms with E-state index in [2.05, 4.69) is 54.0 Å². The molecule has 0 amide bonds. The summed E-state index contributed by atoms with van der Waals surface area (Å²) in [4.78, 5) is 0. The summed E-state index contributed by atoms with van der Waals surface area (Å²) in [6.45, 7) is 0.828. The van der Waals surface area contributed by atoms with Crippen LogP contribution in [-0.4, -0.2) is 23.8 Å². The van der Waals surface area contributed by atoms with Gasteiger partial charge >= 0.3 is 0 Å². The van der Waals surface area contributed by atoms with Gasteiger partial charge in [0.05, 0.1) is 5.56 Å². The third-order valence-corrected chi connectivity index (χ3v) is 3.58. The quantitative estimate of drug-likeness (QED) is 0.792. The summed E-state index contributed by atoms with van der Waals surface area (Å²) < 4.78 is 7.71. The number of rotatable bonds is 4. The summed E-state index contributed by atoms with van der Waals surface area (Å²) in [7, 11) is 1.90. The van der Waals surface area contributed by atoms with E-state index in [1.165, 1.54) is 0 Å². The Morgan fingerprint density at radius 1 is 1.41 bits per heavy atom. The maximum Gasteiger partial charge on any atom is 0.248 e. The van der Waals surface area contributed by atoms with Crippen molar-refractivity contribution in [1.82, 2.24) is 15.5 Å². The van der Waals surface area contributed by atoms with Crippen LogP contribution in [0.2, 0.25) is 0 Å². The summed E-state index contributed by atoms with van der Waals surface area (Å²) in [5.74, 6) is 1.21. The second-order valence-electron chi connectivity index (χ2n) is 3.48. The maximum atomic E-state index is 5.61. The van der Waals surface area contributed by atoms with Crippen molar-refractivity contribution in [2.24, 2.45) is 0 Å². The second-order valence-corrected chi connectivity index (χ2v) is 5.58. The van der Waals surface area contributed by atoms with Gasteiger partial charge in [-0.05, 0) is 63.8 Å². The molecular weight excluding hydrogens is 397 g/mol. The van der Waals surface area contributed by atoms with E-state index in [0.29, 0.717) is 11.8 Å². The van der Waals surface area contributed by atoms with Crippen molar-refractivity contribution < 1.29 is 4.42 Å². The average molecular weight is 408 g/mol. The molecule has 0 saturated heterocycles. The van der Waals surface area contributed by atoms with Crippen LogP contribution in [0, 0.1) is 3.57 Å². The lowest BCUT2D eigenvalue weighted by Gasteiger charge is -1.99. The van der Waals surface area contributed by atoms with Crippen molar-refractivity contribution in [1.29, 1.82) is 0 Å². The van der Waals surface area contributed by atoms with Crippen LogP contribution in [0.4, 0.5) is 0 Å². The maximum absolute atomic E-state index is 5.61. The molecule has 0 atom stereocenters. The van der Waals surface area contributed by atoms with Crippen molar-refractivity contribution in [3.63, 3.8) is 0 Å². The minimum Gasteiger partial charge on any atom is -0.421 e. The highest BCUT2D eigenvalue weighted by molar-refractivity contribution is 14.1. The Morgan fingerprint density at radius 2 is 2.24 bits per heavy atom. The summed E-state index contributed by atoms with van der Waals surface area (Å²) in [6.07, 6.45) is 0.741. The monoisotopic (exact) mass is 407 g/mol. The molecule has 0 bridgehead atoms. The fourth-order valence-corrected chi connectivity index (χ4v) is 2.26. The van der Waals surface area contributed by atoms with Crippen LogP contribution in [0.1, 0.15) is 5.89 Å². The zero-order valence-corrected chi connectivity index (χ0v) is 12.9. The van der Waals surface area contributed by atoms with Gasteiger partial charge in [0.2, 0.25) is 11.8 Å². The lowest BCUT2D eigenvalue weighted by Crippen LogP contribution is -2.10. The Morgan fingerprint density at radius 3 is 3.00 bits per heavy atom. The zero-order chi connectivity index (χ0) is 12.3. The predicted octanol–water partition coefficient (Wildman–Crippen LogP) is 2.87. The number of aromatic nitrogens is 2. The number of benzene rings is 1. The van der Waals surface area contributed by atoms with Crippen LogP contribution < -0.4 is 5.32 Å². The highest BCUT2D eigenvalue weighted by Crippen LogP contribution is 2.28. The predicted molar refractivity (Wildman–Crippen MR) is 77.8 cm³/mol. The Labute approximate surface area is 121 Å². The number of hydrogen-bond donors (Lipinski definition) is 1. The number of likely N-dealkylation sites (N-methyl/N-ethyl adjacent to an activating group) is 1. The lowest BCUT2D eigenvalue weighted by molar-refractivity contribution is 0.500. The van der Waals surface area contributed by atoms with Gasteiger partial charge < -0.3 is 9.73 Å². The molecule has 0 radical (unpaired) electrons. The molecule has 17 heavy (non-hydrogen) atoms. The largest absolute Gasteiger partial charge is 0.421 e. The van der Waals surface area contributed by atoms with Gasteiger partial charge in [-0.3, -0.25) is 0 Å². The van der Waals surface area contributed by atoms with Crippen LogP contribution in [0.25, 0.3) is 11.5 Å².